The molecule has 0 aliphatic rings. The maximum absolute atomic E-state index is 13.8. The van der Waals surface area contributed by atoms with Crippen LogP contribution in [0.2, 0.25) is 0 Å². The first-order valence-electron chi connectivity index (χ1n) is 11.0. The monoisotopic (exact) mass is 542 g/mol. The number of esters is 1. The van der Waals surface area contributed by atoms with Crippen molar-refractivity contribution < 1.29 is 33.6 Å². The molecule has 1 heterocycles. The number of halogens is 1. The number of pyridine rings is 1. The van der Waals surface area contributed by atoms with E-state index < -0.39 is 11.5 Å². The Bertz CT molecular complexity index is 1540. The summed E-state index contributed by atoms with van der Waals surface area (Å²) in [5, 5.41) is 11.0. The number of methoxy groups -OCH3 is 5. The Morgan fingerprint density at radius 2 is 1.39 bits per heavy atom. The Kier molecular flexibility index (Phi) is 8.27. The minimum atomic E-state index is -0.772. The van der Waals surface area contributed by atoms with Crippen molar-refractivity contribution in [3.8, 4) is 45.6 Å². The Morgan fingerprint density at radius 3 is 1.89 bits per heavy atom. The topological polar surface area (TPSA) is 131 Å². The van der Waals surface area contributed by atoms with Crippen molar-refractivity contribution in [3.05, 3.63) is 64.6 Å². The predicted octanol–water partition coefficient (Wildman–Crippen LogP) is 4.19. The molecular formula is C27H27ClN2O8. The van der Waals surface area contributed by atoms with E-state index in [-0.39, 0.29) is 35.0 Å². The maximum atomic E-state index is 13.8. The van der Waals surface area contributed by atoms with Crippen LogP contribution in [0.3, 0.4) is 0 Å². The summed E-state index contributed by atoms with van der Waals surface area (Å²) in [6, 6.07) is 12.5. The molecule has 10 nitrogen and oxygen atoms in total. The number of aromatic nitrogens is 1. The highest BCUT2D eigenvalue weighted by Gasteiger charge is 2.28. The van der Waals surface area contributed by atoms with Crippen LogP contribution in [0.25, 0.3) is 27.6 Å². The molecule has 1 aromatic heterocycles. The first-order chi connectivity index (χ1) is 17.8. The van der Waals surface area contributed by atoms with Gasteiger partial charge in [-0.3, -0.25) is 9.36 Å². The fourth-order valence-corrected chi connectivity index (χ4v) is 4.25. The Balaban J connectivity index is 0.00000400. The minimum Gasteiger partial charge on any atom is -0.504 e. The Morgan fingerprint density at radius 1 is 0.816 bits per heavy atom. The van der Waals surface area contributed by atoms with E-state index in [1.165, 1.54) is 52.2 Å². The molecule has 0 fully saturated rings. The zero-order valence-electron chi connectivity index (χ0n) is 21.4. The average Bonchev–Trinajstić information content (AvgIpc) is 2.92. The molecule has 0 aliphatic carbocycles. The molecule has 200 valence electrons. The van der Waals surface area contributed by atoms with Crippen molar-refractivity contribution in [1.82, 2.24) is 4.57 Å². The van der Waals surface area contributed by atoms with Crippen molar-refractivity contribution in [1.29, 1.82) is 0 Å². The number of ether oxygens (including phenoxy) is 5. The van der Waals surface area contributed by atoms with Gasteiger partial charge in [0, 0.05) is 22.3 Å². The Labute approximate surface area is 224 Å². The fraction of sp³-hybridized carbons (Fsp3) is 0.185. The molecule has 4 rings (SSSR count). The quantitative estimate of drug-likeness (QED) is 0.260. The number of nitrogens with zero attached hydrogens (tertiary/aromatic N) is 1. The van der Waals surface area contributed by atoms with E-state index in [0.717, 1.165) is 0 Å². The van der Waals surface area contributed by atoms with Gasteiger partial charge >= 0.3 is 5.97 Å². The summed E-state index contributed by atoms with van der Waals surface area (Å²) in [6.45, 7) is 0. The number of hydrogen-bond donors (Lipinski definition) is 2. The maximum Gasteiger partial charge on any atom is 0.355 e. The lowest BCUT2D eigenvalue weighted by molar-refractivity contribution is 0.0591. The van der Waals surface area contributed by atoms with Gasteiger partial charge in [0.2, 0.25) is 5.75 Å². The van der Waals surface area contributed by atoms with E-state index in [1.807, 2.05) is 0 Å². The molecule has 3 aromatic carbocycles. The van der Waals surface area contributed by atoms with Gasteiger partial charge in [0.15, 0.2) is 23.0 Å². The highest BCUT2D eigenvalue weighted by atomic mass is 35.5. The van der Waals surface area contributed by atoms with E-state index in [9.17, 15) is 14.7 Å². The number of benzene rings is 3. The first kappa shape index (κ1) is 28.0. The smallest absolute Gasteiger partial charge is 0.355 e. The Hall–Kier alpha value is -4.57. The number of aromatic hydroxyl groups is 1. The zero-order valence-corrected chi connectivity index (χ0v) is 22.2. The van der Waals surface area contributed by atoms with E-state index in [1.54, 1.807) is 36.4 Å². The molecule has 11 heteroatoms. The molecule has 0 amide bonds. The molecule has 0 aliphatic heterocycles. The molecule has 0 spiro atoms. The van der Waals surface area contributed by atoms with Gasteiger partial charge in [-0.05, 0) is 54.1 Å². The van der Waals surface area contributed by atoms with Crippen molar-refractivity contribution in [3.63, 3.8) is 0 Å². The fourth-order valence-electron chi connectivity index (χ4n) is 4.25. The van der Waals surface area contributed by atoms with Gasteiger partial charge in [-0.2, -0.15) is 0 Å². The number of phenols is 1. The molecule has 3 N–H and O–H groups in total. The van der Waals surface area contributed by atoms with Gasteiger partial charge in [-0.1, -0.05) is 0 Å². The molecule has 4 aromatic rings. The van der Waals surface area contributed by atoms with Crippen molar-refractivity contribution >= 4 is 34.8 Å². The molecule has 0 atom stereocenters. The predicted molar refractivity (Wildman–Crippen MR) is 146 cm³/mol. The van der Waals surface area contributed by atoms with Crippen LogP contribution >= 0.6 is 12.4 Å². The van der Waals surface area contributed by atoms with Gasteiger partial charge in [-0.15, -0.1) is 12.4 Å². The first-order valence-corrected chi connectivity index (χ1v) is 11.0. The van der Waals surface area contributed by atoms with E-state index in [4.69, 9.17) is 29.4 Å². The van der Waals surface area contributed by atoms with E-state index >= 15 is 0 Å². The molecule has 0 bridgehead atoms. The number of anilines is 1. The molecular weight excluding hydrogens is 516 g/mol. The molecule has 0 unspecified atom stereocenters. The molecule has 0 saturated carbocycles. The number of rotatable bonds is 7. The summed E-state index contributed by atoms with van der Waals surface area (Å²) >= 11 is 0. The third kappa shape index (κ3) is 4.61. The van der Waals surface area contributed by atoms with Gasteiger partial charge in [0.1, 0.15) is 5.69 Å². The van der Waals surface area contributed by atoms with Crippen LogP contribution in [0, 0.1) is 0 Å². The largest absolute Gasteiger partial charge is 0.504 e. The van der Waals surface area contributed by atoms with Crippen LogP contribution in [0.1, 0.15) is 10.5 Å². The second kappa shape index (κ2) is 11.2. The second-order valence-corrected chi connectivity index (χ2v) is 7.93. The van der Waals surface area contributed by atoms with E-state index in [0.29, 0.717) is 45.1 Å². The summed E-state index contributed by atoms with van der Waals surface area (Å²) in [4.78, 5) is 27.2. The molecule has 0 saturated heterocycles. The number of carbonyl (C=O) groups is 1. The highest BCUT2D eigenvalue weighted by Crippen LogP contribution is 2.45. The summed E-state index contributed by atoms with van der Waals surface area (Å²) < 4.78 is 28.2. The number of nitrogen functional groups attached to an aromatic ring is 1. The second-order valence-electron chi connectivity index (χ2n) is 7.93. The standard InChI is InChI=1S/C27H26N2O8.ClH/c1-33-20-13-17-18(12-19(20)30)26(31)29(16-8-6-15(28)7-9-16)24(27(32)37-5)23(17)14-10-21(34-2)25(36-4)22(11-14)35-3;/h6-13,30H,28H2,1-5H3;1H. The van der Waals surface area contributed by atoms with Gasteiger partial charge in [0.05, 0.1) is 40.9 Å². The zero-order chi connectivity index (χ0) is 26.9. The van der Waals surface area contributed by atoms with Crippen molar-refractivity contribution in [2.45, 2.75) is 0 Å². The van der Waals surface area contributed by atoms with Gasteiger partial charge < -0.3 is 34.5 Å². The minimum absolute atomic E-state index is 0. The van der Waals surface area contributed by atoms with Crippen molar-refractivity contribution in [2.75, 3.05) is 41.3 Å². The van der Waals surface area contributed by atoms with Gasteiger partial charge in [0.25, 0.3) is 5.56 Å². The third-order valence-corrected chi connectivity index (χ3v) is 5.97. The normalized spacial score (nSPS) is 10.4. The van der Waals surface area contributed by atoms with Crippen LogP contribution in [0.15, 0.2) is 53.3 Å². The highest BCUT2D eigenvalue weighted by molar-refractivity contribution is 6.08. The van der Waals surface area contributed by atoms with Crippen LogP contribution in [0.5, 0.6) is 28.7 Å². The van der Waals surface area contributed by atoms with Crippen LogP contribution in [-0.4, -0.2) is 51.2 Å². The van der Waals surface area contributed by atoms with Crippen LogP contribution in [-0.2, 0) is 4.74 Å². The molecule has 0 radical (unpaired) electrons. The van der Waals surface area contributed by atoms with Gasteiger partial charge in [-0.25, -0.2) is 4.79 Å². The summed E-state index contributed by atoms with van der Waals surface area (Å²) in [6.07, 6.45) is 0. The number of carbonyl (C=O) groups excluding carboxylic acids is 1. The average molecular weight is 543 g/mol. The van der Waals surface area contributed by atoms with Crippen LogP contribution in [0.4, 0.5) is 5.69 Å². The lowest BCUT2D eigenvalue weighted by Crippen LogP contribution is -2.27. The lowest BCUT2D eigenvalue weighted by Gasteiger charge is -2.21. The lowest BCUT2D eigenvalue weighted by atomic mass is 9.95. The number of phenolic OH excluding ortho intramolecular Hbond substituents is 1. The number of nitrogens with two attached hydrogens (primary N) is 1. The van der Waals surface area contributed by atoms with E-state index in [2.05, 4.69) is 0 Å². The van der Waals surface area contributed by atoms with Crippen LogP contribution < -0.4 is 30.2 Å². The molecule has 38 heavy (non-hydrogen) atoms. The number of hydrogen-bond acceptors (Lipinski definition) is 9. The van der Waals surface area contributed by atoms with Crippen molar-refractivity contribution in [2.24, 2.45) is 0 Å². The summed E-state index contributed by atoms with van der Waals surface area (Å²) in [5.41, 5.74) is 6.85. The summed E-state index contributed by atoms with van der Waals surface area (Å²) in [7, 11) is 7.02. The third-order valence-electron chi connectivity index (χ3n) is 5.97. The summed E-state index contributed by atoms with van der Waals surface area (Å²) in [5.74, 6) is 0.110. The number of fused-ring (bicyclic) bond motifs is 1. The SMILES string of the molecule is COC(=O)c1c(-c2cc(OC)c(OC)c(OC)c2)c2cc(OC)c(O)cc2c(=O)n1-c1ccc(N)cc1.Cl.